The number of ketones is 1. The molecule has 0 atom stereocenters. The van der Waals surface area contributed by atoms with Gasteiger partial charge in [-0.2, -0.15) is 5.26 Å². The topological polar surface area (TPSA) is 50.1 Å². The lowest BCUT2D eigenvalue weighted by molar-refractivity contribution is 0.0913. The molecular formula is C11H11NO2. The van der Waals surface area contributed by atoms with Crippen molar-refractivity contribution in [2.24, 2.45) is 0 Å². The molecule has 0 aliphatic carbocycles. The summed E-state index contributed by atoms with van der Waals surface area (Å²) in [7, 11) is 0. The zero-order chi connectivity index (χ0) is 10.2. The fourth-order valence-electron chi connectivity index (χ4n) is 1.05. The van der Waals surface area contributed by atoms with Crippen molar-refractivity contribution >= 4 is 5.78 Å². The van der Waals surface area contributed by atoms with Crippen LogP contribution >= 0.6 is 0 Å². The van der Waals surface area contributed by atoms with Gasteiger partial charge in [-0.3, -0.25) is 4.79 Å². The Balaban J connectivity index is 2.33. The van der Waals surface area contributed by atoms with E-state index in [1.807, 2.05) is 24.3 Å². The monoisotopic (exact) mass is 189 g/mol. The summed E-state index contributed by atoms with van der Waals surface area (Å²) in [5.41, 5.74) is 0.688. The third kappa shape index (κ3) is 3.38. The van der Waals surface area contributed by atoms with E-state index in [1.165, 1.54) is 0 Å². The van der Waals surface area contributed by atoms with Gasteiger partial charge in [0.25, 0.3) is 0 Å². The summed E-state index contributed by atoms with van der Waals surface area (Å²) < 4.78 is 4.89. The Morgan fingerprint density at radius 3 is 2.71 bits per heavy atom. The average Bonchev–Trinajstić information content (AvgIpc) is 2.25. The molecule has 0 bridgehead atoms. The molecule has 0 aromatic heterocycles. The van der Waals surface area contributed by atoms with Crippen LogP contribution in [0.25, 0.3) is 0 Å². The minimum atomic E-state index is 0.0437. The quantitative estimate of drug-likeness (QED) is 0.524. The Bertz CT molecular complexity index is 327. The number of nitrogens with zero attached hydrogens (tertiary/aromatic N) is 1. The van der Waals surface area contributed by atoms with Gasteiger partial charge in [0.15, 0.2) is 5.78 Å². The van der Waals surface area contributed by atoms with E-state index in [4.69, 9.17) is 10.00 Å². The lowest BCUT2D eigenvalue weighted by Crippen LogP contribution is -2.04. The molecule has 0 spiro atoms. The molecule has 0 N–H and O–H groups in total. The first kappa shape index (κ1) is 10.4. The smallest absolute Gasteiger partial charge is 0.165 e. The van der Waals surface area contributed by atoms with Crippen LogP contribution in [0.15, 0.2) is 30.3 Å². The van der Waals surface area contributed by atoms with Crippen molar-refractivity contribution in [3.8, 4) is 6.07 Å². The Hall–Kier alpha value is -1.66. The zero-order valence-electron chi connectivity index (χ0n) is 7.77. The van der Waals surface area contributed by atoms with Gasteiger partial charge in [-0.1, -0.05) is 30.3 Å². The normalized spacial score (nSPS) is 9.36. The minimum absolute atomic E-state index is 0.0437. The van der Waals surface area contributed by atoms with Crippen LogP contribution in [0.4, 0.5) is 0 Å². The predicted octanol–water partition coefficient (Wildman–Crippen LogP) is 1.80. The second-order valence-corrected chi connectivity index (χ2v) is 2.75. The first-order chi connectivity index (χ1) is 6.84. The third-order valence-electron chi connectivity index (χ3n) is 1.74. The van der Waals surface area contributed by atoms with Crippen molar-refractivity contribution in [3.63, 3.8) is 0 Å². The molecular weight excluding hydrogens is 178 g/mol. The van der Waals surface area contributed by atoms with Gasteiger partial charge in [0.05, 0.1) is 12.7 Å². The molecule has 72 valence electrons. The molecule has 3 heteroatoms. The van der Waals surface area contributed by atoms with E-state index in [9.17, 15) is 4.79 Å². The number of benzene rings is 1. The highest BCUT2D eigenvalue weighted by atomic mass is 16.5. The zero-order valence-corrected chi connectivity index (χ0v) is 7.77. The Morgan fingerprint density at radius 1 is 1.36 bits per heavy atom. The van der Waals surface area contributed by atoms with Crippen LogP contribution in [-0.4, -0.2) is 19.0 Å². The molecule has 3 nitrogen and oxygen atoms in total. The van der Waals surface area contributed by atoms with Gasteiger partial charge in [-0.25, -0.2) is 0 Å². The average molecular weight is 189 g/mol. The summed E-state index contributed by atoms with van der Waals surface area (Å²) in [6.07, 6.45) is 0.325. The fraction of sp³-hybridized carbons (Fsp3) is 0.273. The molecule has 1 aromatic carbocycles. The maximum atomic E-state index is 11.4. The van der Waals surface area contributed by atoms with E-state index in [2.05, 4.69) is 0 Å². The highest BCUT2D eigenvalue weighted by Crippen LogP contribution is 2.02. The number of Topliss-reactive ketones (excluding diaryl/α,β-unsaturated/α-hetero) is 1. The number of hydrogen-bond donors (Lipinski definition) is 0. The first-order valence-corrected chi connectivity index (χ1v) is 4.37. The van der Waals surface area contributed by atoms with Gasteiger partial charge in [0.2, 0.25) is 0 Å². The molecule has 14 heavy (non-hydrogen) atoms. The van der Waals surface area contributed by atoms with Gasteiger partial charge < -0.3 is 4.74 Å². The lowest BCUT2D eigenvalue weighted by Gasteiger charge is -1.99. The third-order valence-corrected chi connectivity index (χ3v) is 1.74. The Kier molecular flexibility index (Phi) is 4.39. The number of nitriles is 1. The number of hydrogen-bond acceptors (Lipinski definition) is 3. The summed E-state index contributed by atoms with van der Waals surface area (Å²) in [6, 6.07) is 10.9. The summed E-state index contributed by atoms with van der Waals surface area (Å²) in [6.45, 7) is 0.351. The van der Waals surface area contributed by atoms with Gasteiger partial charge in [0.1, 0.15) is 6.61 Å². The molecule has 0 amide bonds. The lowest BCUT2D eigenvalue weighted by atomic mass is 10.1. The molecule has 1 rings (SSSR count). The van der Waals surface area contributed by atoms with E-state index in [0.717, 1.165) is 0 Å². The molecule has 0 saturated carbocycles. The van der Waals surface area contributed by atoms with E-state index in [0.29, 0.717) is 18.6 Å². The first-order valence-electron chi connectivity index (χ1n) is 4.37. The molecule has 0 aliphatic heterocycles. The highest BCUT2D eigenvalue weighted by Gasteiger charge is 2.03. The molecule has 0 unspecified atom stereocenters. The van der Waals surface area contributed by atoms with Crippen molar-refractivity contribution in [2.45, 2.75) is 6.42 Å². The standard InChI is InChI=1S/C11H11NO2/c12-7-9-14-8-6-11(13)10-4-2-1-3-5-10/h1-5H,6,8-9H2. The summed E-state index contributed by atoms with van der Waals surface area (Å²) >= 11 is 0. The fourth-order valence-corrected chi connectivity index (χ4v) is 1.05. The van der Waals surface area contributed by atoms with Gasteiger partial charge in [-0.05, 0) is 0 Å². The van der Waals surface area contributed by atoms with Crippen LogP contribution in [0.2, 0.25) is 0 Å². The van der Waals surface area contributed by atoms with Crippen molar-refractivity contribution in [2.75, 3.05) is 13.2 Å². The number of rotatable bonds is 5. The summed E-state index contributed by atoms with van der Waals surface area (Å²) in [5.74, 6) is 0.0449. The van der Waals surface area contributed by atoms with Gasteiger partial charge in [0, 0.05) is 12.0 Å². The van der Waals surface area contributed by atoms with Crippen LogP contribution in [0.5, 0.6) is 0 Å². The SMILES string of the molecule is N#CCOCCC(=O)c1ccccc1. The number of carbonyl (C=O) groups excluding carboxylic acids is 1. The van der Waals surface area contributed by atoms with Crippen LogP contribution in [0.1, 0.15) is 16.8 Å². The Labute approximate surface area is 82.9 Å². The summed E-state index contributed by atoms with van der Waals surface area (Å²) in [4.78, 5) is 11.4. The van der Waals surface area contributed by atoms with Crippen LogP contribution in [0.3, 0.4) is 0 Å². The maximum absolute atomic E-state index is 11.4. The second kappa shape index (κ2) is 5.90. The molecule has 0 radical (unpaired) electrons. The molecule has 0 saturated heterocycles. The van der Waals surface area contributed by atoms with Gasteiger partial charge in [-0.15, -0.1) is 0 Å². The van der Waals surface area contributed by atoms with Crippen molar-refractivity contribution in [1.82, 2.24) is 0 Å². The van der Waals surface area contributed by atoms with E-state index in [1.54, 1.807) is 12.1 Å². The molecule has 0 heterocycles. The number of carbonyl (C=O) groups is 1. The van der Waals surface area contributed by atoms with Crippen molar-refractivity contribution < 1.29 is 9.53 Å². The maximum Gasteiger partial charge on any atom is 0.165 e. The van der Waals surface area contributed by atoms with Crippen LogP contribution < -0.4 is 0 Å². The second-order valence-electron chi connectivity index (χ2n) is 2.75. The number of ether oxygens (including phenoxy) is 1. The summed E-state index contributed by atoms with van der Waals surface area (Å²) in [5, 5.41) is 8.19. The molecule has 0 aliphatic rings. The molecule has 0 fully saturated rings. The van der Waals surface area contributed by atoms with Crippen molar-refractivity contribution in [1.29, 1.82) is 5.26 Å². The van der Waals surface area contributed by atoms with Crippen LogP contribution in [0, 0.1) is 11.3 Å². The Morgan fingerprint density at radius 2 is 2.07 bits per heavy atom. The van der Waals surface area contributed by atoms with Crippen molar-refractivity contribution in [3.05, 3.63) is 35.9 Å². The predicted molar refractivity (Wildman–Crippen MR) is 51.8 cm³/mol. The molecule has 1 aromatic rings. The largest absolute Gasteiger partial charge is 0.366 e. The van der Waals surface area contributed by atoms with E-state index >= 15 is 0 Å². The highest BCUT2D eigenvalue weighted by molar-refractivity contribution is 5.96. The van der Waals surface area contributed by atoms with Gasteiger partial charge >= 0.3 is 0 Å². The van der Waals surface area contributed by atoms with E-state index in [-0.39, 0.29) is 12.4 Å². The van der Waals surface area contributed by atoms with E-state index < -0.39 is 0 Å². The van der Waals surface area contributed by atoms with Crippen LogP contribution in [-0.2, 0) is 4.74 Å². The minimum Gasteiger partial charge on any atom is -0.366 e.